The molecule has 1 aromatic carbocycles. The monoisotopic (exact) mass is 456 g/mol. The van der Waals surface area contributed by atoms with Crippen LogP contribution in [0.15, 0.2) is 47.5 Å². The van der Waals surface area contributed by atoms with Crippen molar-refractivity contribution in [3.63, 3.8) is 0 Å². The van der Waals surface area contributed by atoms with Gasteiger partial charge < -0.3 is 17.2 Å². The number of aliphatic imine (C=N–C) groups is 1. The number of rotatable bonds is 7. The van der Waals surface area contributed by atoms with Gasteiger partial charge in [0.25, 0.3) is 17.7 Å². The SMILES string of the molecule is NC(=NC(CCCN1C(=O)C=CC1=O)c1ccccc1)NC(=O)c1nc(Cl)c(N)nc1N. The first kappa shape index (κ1) is 22.7. The summed E-state index contributed by atoms with van der Waals surface area (Å²) in [6, 6.07) is 8.83. The van der Waals surface area contributed by atoms with E-state index < -0.39 is 11.9 Å². The fourth-order valence-corrected chi connectivity index (χ4v) is 3.19. The summed E-state index contributed by atoms with van der Waals surface area (Å²) in [6.45, 7) is 0.242. The molecule has 1 aliphatic rings. The number of nitrogens with two attached hydrogens (primary N) is 3. The lowest BCUT2D eigenvalue weighted by Gasteiger charge is -2.17. The largest absolute Gasteiger partial charge is 0.382 e. The van der Waals surface area contributed by atoms with Gasteiger partial charge in [-0.1, -0.05) is 41.9 Å². The number of benzene rings is 1. The highest BCUT2D eigenvalue weighted by Gasteiger charge is 2.23. The first-order valence-corrected chi connectivity index (χ1v) is 9.95. The van der Waals surface area contributed by atoms with E-state index in [2.05, 4.69) is 20.3 Å². The zero-order valence-electron chi connectivity index (χ0n) is 16.9. The van der Waals surface area contributed by atoms with Crippen LogP contribution in [0.2, 0.25) is 5.15 Å². The van der Waals surface area contributed by atoms with E-state index in [1.807, 2.05) is 30.3 Å². The zero-order valence-corrected chi connectivity index (χ0v) is 17.6. The molecule has 12 heteroatoms. The lowest BCUT2D eigenvalue weighted by atomic mass is 10.0. The molecule has 0 radical (unpaired) electrons. The third-order valence-corrected chi connectivity index (χ3v) is 4.88. The van der Waals surface area contributed by atoms with Crippen LogP contribution < -0.4 is 22.5 Å². The number of carbonyl (C=O) groups excluding carboxylic acids is 3. The number of imide groups is 1. The number of nitrogens with zero attached hydrogens (tertiary/aromatic N) is 4. The van der Waals surface area contributed by atoms with Crippen molar-refractivity contribution < 1.29 is 14.4 Å². The molecule has 7 N–H and O–H groups in total. The molecule has 3 rings (SSSR count). The van der Waals surface area contributed by atoms with Gasteiger partial charge in [-0.25, -0.2) is 15.0 Å². The number of halogens is 1. The highest BCUT2D eigenvalue weighted by atomic mass is 35.5. The van der Waals surface area contributed by atoms with E-state index in [0.717, 1.165) is 10.5 Å². The minimum atomic E-state index is -0.746. The zero-order chi connectivity index (χ0) is 23.3. The lowest BCUT2D eigenvalue weighted by Crippen LogP contribution is -2.38. The van der Waals surface area contributed by atoms with E-state index >= 15 is 0 Å². The first-order chi connectivity index (χ1) is 15.3. The number of carbonyl (C=O) groups is 3. The first-order valence-electron chi connectivity index (χ1n) is 9.58. The highest BCUT2D eigenvalue weighted by molar-refractivity contribution is 6.31. The van der Waals surface area contributed by atoms with Crippen LogP contribution in [0, 0.1) is 0 Å². The Bertz CT molecular complexity index is 1090. The third-order valence-electron chi connectivity index (χ3n) is 4.60. The highest BCUT2D eigenvalue weighted by Crippen LogP contribution is 2.23. The van der Waals surface area contributed by atoms with Gasteiger partial charge in [0.15, 0.2) is 28.4 Å². The maximum absolute atomic E-state index is 12.5. The van der Waals surface area contributed by atoms with Crippen LogP contribution in [0.5, 0.6) is 0 Å². The summed E-state index contributed by atoms with van der Waals surface area (Å²) in [6.07, 6.45) is 3.42. The molecule has 11 nitrogen and oxygen atoms in total. The number of amides is 3. The van der Waals surface area contributed by atoms with Crippen molar-refractivity contribution >= 4 is 46.9 Å². The van der Waals surface area contributed by atoms with Crippen LogP contribution >= 0.6 is 11.6 Å². The van der Waals surface area contributed by atoms with Gasteiger partial charge in [0, 0.05) is 18.7 Å². The van der Waals surface area contributed by atoms with Crippen LogP contribution in [0.3, 0.4) is 0 Å². The van der Waals surface area contributed by atoms with Gasteiger partial charge >= 0.3 is 0 Å². The van der Waals surface area contributed by atoms with Crippen molar-refractivity contribution in [1.29, 1.82) is 0 Å². The number of hydrogen-bond donors (Lipinski definition) is 4. The second kappa shape index (κ2) is 9.88. The fraction of sp³-hybridized carbons (Fsp3) is 0.200. The minimum Gasteiger partial charge on any atom is -0.382 e. The van der Waals surface area contributed by atoms with Crippen LogP contribution in [0.4, 0.5) is 11.6 Å². The summed E-state index contributed by atoms with van der Waals surface area (Å²) in [7, 11) is 0. The van der Waals surface area contributed by atoms with Crippen LogP contribution in [-0.4, -0.2) is 45.1 Å². The Hall–Kier alpha value is -3.99. The van der Waals surface area contributed by atoms with Crippen molar-refractivity contribution in [3.05, 3.63) is 58.9 Å². The van der Waals surface area contributed by atoms with Gasteiger partial charge in [-0.05, 0) is 18.4 Å². The van der Waals surface area contributed by atoms with Crippen LogP contribution in [0.1, 0.15) is 34.9 Å². The fourth-order valence-electron chi connectivity index (χ4n) is 3.06. The predicted molar refractivity (Wildman–Crippen MR) is 119 cm³/mol. The Labute approximate surface area is 188 Å². The van der Waals surface area contributed by atoms with Crippen LogP contribution in [0.25, 0.3) is 0 Å². The maximum Gasteiger partial charge on any atom is 0.280 e. The molecule has 166 valence electrons. The maximum atomic E-state index is 12.5. The number of hydrogen-bond acceptors (Lipinski definition) is 8. The summed E-state index contributed by atoms with van der Waals surface area (Å²) < 4.78 is 0. The molecule has 1 atom stereocenters. The summed E-state index contributed by atoms with van der Waals surface area (Å²) >= 11 is 5.81. The molecule has 2 aromatic rings. The number of guanidine groups is 1. The Balaban J connectivity index is 1.72. The second-order valence-electron chi connectivity index (χ2n) is 6.83. The van der Waals surface area contributed by atoms with Gasteiger partial charge in [0.2, 0.25) is 0 Å². The number of nitrogen functional groups attached to an aromatic ring is 2. The molecule has 0 saturated carbocycles. The van der Waals surface area contributed by atoms with Gasteiger partial charge in [-0.15, -0.1) is 0 Å². The minimum absolute atomic E-state index is 0.100. The quantitative estimate of drug-likeness (QED) is 0.267. The van der Waals surface area contributed by atoms with E-state index in [1.165, 1.54) is 12.2 Å². The Morgan fingerprint density at radius 1 is 1.09 bits per heavy atom. The van der Waals surface area contributed by atoms with E-state index in [4.69, 9.17) is 28.8 Å². The van der Waals surface area contributed by atoms with Crippen molar-refractivity contribution in [2.75, 3.05) is 18.0 Å². The third kappa shape index (κ3) is 5.38. The molecular weight excluding hydrogens is 436 g/mol. The summed E-state index contributed by atoms with van der Waals surface area (Å²) in [5.74, 6) is -1.91. The normalized spacial score (nSPS) is 14.7. The second-order valence-corrected chi connectivity index (χ2v) is 7.19. The van der Waals surface area contributed by atoms with E-state index in [0.29, 0.717) is 12.8 Å². The van der Waals surface area contributed by atoms with Gasteiger partial charge in [0.1, 0.15) is 0 Å². The molecule has 3 amide bonds. The lowest BCUT2D eigenvalue weighted by molar-refractivity contribution is -0.136. The molecule has 0 saturated heterocycles. The Morgan fingerprint density at radius 2 is 1.75 bits per heavy atom. The molecule has 0 bridgehead atoms. The Morgan fingerprint density at radius 3 is 2.41 bits per heavy atom. The summed E-state index contributed by atoms with van der Waals surface area (Å²) in [5.41, 5.74) is 17.8. The van der Waals surface area contributed by atoms with Crippen LogP contribution in [-0.2, 0) is 9.59 Å². The molecule has 32 heavy (non-hydrogen) atoms. The molecule has 1 unspecified atom stereocenters. The molecule has 0 spiro atoms. The van der Waals surface area contributed by atoms with Crippen molar-refractivity contribution in [2.24, 2.45) is 10.7 Å². The molecule has 1 aliphatic heterocycles. The van der Waals surface area contributed by atoms with Gasteiger partial charge in [-0.2, -0.15) is 0 Å². The van der Waals surface area contributed by atoms with Gasteiger partial charge in [-0.3, -0.25) is 24.6 Å². The Kier molecular flexibility index (Phi) is 7.00. The number of nitrogens with one attached hydrogen (secondary N) is 1. The topological polar surface area (TPSA) is 183 Å². The number of aromatic nitrogens is 2. The van der Waals surface area contributed by atoms with Crippen molar-refractivity contribution in [1.82, 2.24) is 20.2 Å². The average Bonchev–Trinajstić information content (AvgIpc) is 3.08. The van der Waals surface area contributed by atoms with E-state index in [-0.39, 0.29) is 46.8 Å². The molecule has 2 heterocycles. The standard InChI is InChI=1S/C20H21ClN8O3/c21-16-18(23)27-17(22)15(26-16)19(32)28-20(24)25-12(11-5-2-1-3-6-11)7-4-10-29-13(30)8-9-14(29)31/h1-3,5-6,8-9,12H,4,7,10H2,(H4,22,23,27)(H3,24,25,28,32). The smallest absolute Gasteiger partial charge is 0.280 e. The number of anilines is 2. The summed E-state index contributed by atoms with van der Waals surface area (Å²) in [4.78, 5) is 49.1. The van der Waals surface area contributed by atoms with Crippen molar-refractivity contribution in [3.8, 4) is 0 Å². The molecule has 1 aromatic heterocycles. The van der Waals surface area contributed by atoms with E-state index in [9.17, 15) is 14.4 Å². The molecule has 0 fully saturated rings. The molecule has 0 aliphatic carbocycles. The van der Waals surface area contributed by atoms with Crippen molar-refractivity contribution in [2.45, 2.75) is 18.9 Å². The summed E-state index contributed by atoms with van der Waals surface area (Å²) in [5, 5.41) is 2.24. The molecular formula is C20H21ClN8O3. The van der Waals surface area contributed by atoms with Gasteiger partial charge in [0.05, 0.1) is 6.04 Å². The predicted octanol–water partition coefficient (Wildman–Crippen LogP) is 0.785. The average molecular weight is 457 g/mol. The van der Waals surface area contributed by atoms with E-state index in [1.54, 1.807) is 0 Å².